The van der Waals surface area contributed by atoms with Gasteiger partial charge in [-0.25, -0.2) is 9.48 Å². The van der Waals surface area contributed by atoms with Gasteiger partial charge in [-0.15, -0.1) is 0 Å². The van der Waals surface area contributed by atoms with Crippen molar-refractivity contribution in [2.24, 2.45) is 0 Å². The first-order chi connectivity index (χ1) is 14.4. The third-order valence-electron chi connectivity index (χ3n) is 4.46. The lowest BCUT2D eigenvalue weighted by Gasteiger charge is -2.11. The van der Waals surface area contributed by atoms with E-state index in [-0.39, 0.29) is 18.3 Å². The van der Waals surface area contributed by atoms with Crippen LogP contribution in [0.5, 0.6) is 5.75 Å². The topological polar surface area (TPSA) is 86.4 Å². The van der Waals surface area contributed by atoms with E-state index in [2.05, 4.69) is 10.4 Å². The number of fused-ring (bicyclic) bond motifs is 1. The number of carbonyl (C=O) groups is 1. The van der Waals surface area contributed by atoms with Crippen LogP contribution >= 0.6 is 11.6 Å². The van der Waals surface area contributed by atoms with E-state index in [1.54, 1.807) is 23.7 Å². The van der Waals surface area contributed by atoms with Gasteiger partial charge in [0.2, 0.25) is 0 Å². The van der Waals surface area contributed by atoms with Crippen molar-refractivity contribution >= 4 is 34.3 Å². The van der Waals surface area contributed by atoms with Crippen LogP contribution in [0, 0.1) is 13.8 Å². The number of nitrogens with one attached hydrogen (secondary N) is 1. The quantitative estimate of drug-likeness (QED) is 0.484. The molecule has 8 heteroatoms. The van der Waals surface area contributed by atoms with Gasteiger partial charge in [0, 0.05) is 23.6 Å². The van der Waals surface area contributed by atoms with Crippen molar-refractivity contribution in [1.82, 2.24) is 9.78 Å². The summed E-state index contributed by atoms with van der Waals surface area (Å²) in [6, 6.07) is 15.8. The average Bonchev–Trinajstić information content (AvgIpc) is 3.07. The molecule has 152 valence electrons. The molecule has 7 nitrogen and oxygen atoms in total. The number of anilines is 1. The Labute approximate surface area is 176 Å². The van der Waals surface area contributed by atoms with E-state index in [1.807, 2.05) is 37.3 Å². The van der Waals surface area contributed by atoms with Crippen molar-refractivity contribution in [1.29, 1.82) is 0 Å². The maximum Gasteiger partial charge on any atom is 0.336 e. The highest BCUT2D eigenvalue weighted by Gasteiger charge is 2.14. The molecule has 0 radical (unpaired) electrons. The fourth-order valence-corrected chi connectivity index (χ4v) is 3.33. The predicted octanol–water partition coefficient (Wildman–Crippen LogP) is 4.27. The molecule has 0 saturated carbocycles. The fourth-order valence-electron chi connectivity index (χ4n) is 3.11. The Morgan fingerprint density at radius 2 is 1.93 bits per heavy atom. The first-order valence-corrected chi connectivity index (χ1v) is 9.57. The molecular formula is C22H18ClN3O4. The number of halogens is 1. The van der Waals surface area contributed by atoms with Gasteiger partial charge in [0.1, 0.15) is 17.2 Å². The molecule has 1 amide bonds. The van der Waals surface area contributed by atoms with Gasteiger partial charge in [-0.05, 0) is 37.6 Å². The molecule has 2 aromatic heterocycles. The normalized spacial score (nSPS) is 10.9. The number of aromatic nitrogens is 2. The zero-order chi connectivity index (χ0) is 21.3. The Morgan fingerprint density at radius 1 is 1.17 bits per heavy atom. The van der Waals surface area contributed by atoms with E-state index in [9.17, 15) is 9.59 Å². The first kappa shape index (κ1) is 19.7. The average molecular weight is 424 g/mol. The molecule has 0 saturated heterocycles. The molecule has 0 bridgehead atoms. The second-order valence-corrected chi connectivity index (χ2v) is 7.19. The number of ether oxygens (including phenoxy) is 1. The number of benzene rings is 2. The molecule has 4 aromatic rings. The van der Waals surface area contributed by atoms with Crippen molar-refractivity contribution in [3.63, 3.8) is 0 Å². The fraction of sp³-hybridized carbons (Fsp3) is 0.136. The number of aryl methyl sites for hydroxylation is 2. The molecular weight excluding hydrogens is 406 g/mol. The molecule has 0 aliphatic rings. The predicted molar refractivity (Wildman–Crippen MR) is 115 cm³/mol. The summed E-state index contributed by atoms with van der Waals surface area (Å²) < 4.78 is 12.4. The van der Waals surface area contributed by atoms with Crippen LogP contribution in [0.4, 0.5) is 5.82 Å². The van der Waals surface area contributed by atoms with Crippen molar-refractivity contribution in [3.8, 4) is 11.4 Å². The van der Waals surface area contributed by atoms with Crippen LogP contribution in [0.2, 0.25) is 5.02 Å². The molecule has 0 fully saturated rings. The van der Waals surface area contributed by atoms with Gasteiger partial charge in [0.25, 0.3) is 5.91 Å². The molecule has 30 heavy (non-hydrogen) atoms. The molecule has 0 aliphatic heterocycles. The monoisotopic (exact) mass is 423 g/mol. The molecule has 0 atom stereocenters. The van der Waals surface area contributed by atoms with Crippen LogP contribution in [0.15, 0.2) is 63.8 Å². The SMILES string of the molecule is Cc1cc(NC(=O)COc2cc3oc(=O)cc(C)c3cc2Cl)n(-c2ccccc2)n1. The Bertz CT molecular complexity index is 1300. The standard InChI is InChI=1S/C22H18ClN3O4/c1-13-8-22(28)30-18-11-19(17(23)10-16(13)18)29-12-21(27)24-20-9-14(2)25-26(20)15-6-4-3-5-7-15/h3-11H,12H2,1-2H3,(H,24,27). The number of rotatable bonds is 5. The van der Waals surface area contributed by atoms with E-state index < -0.39 is 5.63 Å². The highest BCUT2D eigenvalue weighted by molar-refractivity contribution is 6.32. The van der Waals surface area contributed by atoms with Gasteiger partial charge >= 0.3 is 5.63 Å². The highest BCUT2D eigenvalue weighted by atomic mass is 35.5. The van der Waals surface area contributed by atoms with E-state index in [0.29, 0.717) is 21.8 Å². The third kappa shape index (κ3) is 4.06. The minimum absolute atomic E-state index is 0.251. The lowest BCUT2D eigenvalue weighted by atomic mass is 10.1. The Kier molecular flexibility index (Phi) is 5.29. The smallest absolute Gasteiger partial charge is 0.336 e. The van der Waals surface area contributed by atoms with Gasteiger partial charge in [-0.2, -0.15) is 5.10 Å². The van der Waals surface area contributed by atoms with Crippen LogP contribution < -0.4 is 15.7 Å². The zero-order valence-electron chi connectivity index (χ0n) is 16.3. The minimum atomic E-state index is -0.462. The van der Waals surface area contributed by atoms with Gasteiger partial charge in [-0.3, -0.25) is 4.79 Å². The van der Waals surface area contributed by atoms with Gasteiger partial charge in [0.15, 0.2) is 6.61 Å². The second-order valence-electron chi connectivity index (χ2n) is 6.78. The number of nitrogens with zero attached hydrogens (tertiary/aromatic N) is 2. The van der Waals surface area contributed by atoms with Crippen LogP contribution in [-0.2, 0) is 4.79 Å². The maximum absolute atomic E-state index is 12.5. The van der Waals surface area contributed by atoms with Crippen LogP contribution in [0.3, 0.4) is 0 Å². The Morgan fingerprint density at radius 3 is 2.70 bits per heavy atom. The van der Waals surface area contributed by atoms with Gasteiger partial charge in [0.05, 0.1) is 16.4 Å². The molecule has 2 heterocycles. The first-order valence-electron chi connectivity index (χ1n) is 9.19. The van der Waals surface area contributed by atoms with E-state index in [4.69, 9.17) is 20.8 Å². The second kappa shape index (κ2) is 8.04. The van der Waals surface area contributed by atoms with Crippen molar-refractivity contribution < 1.29 is 13.9 Å². The van der Waals surface area contributed by atoms with Crippen molar-refractivity contribution in [2.45, 2.75) is 13.8 Å². The summed E-state index contributed by atoms with van der Waals surface area (Å²) >= 11 is 6.28. The zero-order valence-corrected chi connectivity index (χ0v) is 17.1. The molecule has 2 aromatic carbocycles. The van der Waals surface area contributed by atoms with E-state index >= 15 is 0 Å². The van der Waals surface area contributed by atoms with Crippen LogP contribution in [0.1, 0.15) is 11.3 Å². The summed E-state index contributed by atoms with van der Waals surface area (Å²) in [5.41, 5.74) is 2.22. The number of para-hydroxylation sites is 1. The Balaban J connectivity index is 1.51. The number of hydrogen-bond donors (Lipinski definition) is 1. The highest BCUT2D eigenvalue weighted by Crippen LogP contribution is 2.31. The van der Waals surface area contributed by atoms with Crippen LogP contribution in [-0.4, -0.2) is 22.3 Å². The molecule has 0 aliphatic carbocycles. The number of amides is 1. The summed E-state index contributed by atoms with van der Waals surface area (Å²) in [6.07, 6.45) is 0. The summed E-state index contributed by atoms with van der Waals surface area (Å²) in [7, 11) is 0. The molecule has 0 spiro atoms. The molecule has 1 N–H and O–H groups in total. The van der Waals surface area contributed by atoms with Crippen LogP contribution in [0.25, 0.3) is 16.7 Å². The molecule has 4 rings (SSSR count). The lowest BCUT2D eigenvalue weighted by Crippen LogP contribution is -2.22. The largest absolute Gasteiger partial charge is 0.482 e. The van der Waals surface area contributed by atoms with Crippen molar-refractivity contribution in [3.05, 3.63) is 81.3 Å². The lowest BCUT2D eigenvalue weighted by molar-refractivity contribution is -0.118. The third-order valence-corrected chi connectivity index (χ3v) is 4.76. The van der Waals surface area contributed by atoms with E-state index in [1.165, 1.54) is 12.1 Å². The van der Waals surface area contributed by atoms with Crippen molar-refractivity contribution in [2.75, 3.05) is 11.9 Å². The van der Waals surface area contributed by atoms with Gasteiger partial charge in [-0.1, -0.05) is 29.8 Å². The van der Waals surface area contributed by atoms with Gasteiger partial charge < -0.3 is 14.5 Å². The number of hydrogen-bond acceptors (Lipinski definition) is 5. The minimum Gasteiger partial charge on any atom is -0.482 e. The maximum atomic E-state index is 12.5. The molecule has 0 unspecified atom stereocenters. The summed E-state index contributed by atoms with van der Waals surface area (Å²) in [5.74, 6) is 0.397. The summed E-state index contributed by atoms with van der Waals surface area (Å²) in [6.45, 7) is 3.36. The Hall–Kier alpha value is -3.58. The number of carbonyl (C=O) groups excluding carboxylic acids is 1. The van der Waals surface area contributed by atoms with E-state index in [0.717, 1.165) is 16.9 Å². The summed E-state index contributed by atoms with van der Waals surface area (Å²) in [4.78, 5) is 24.1. The summed E-state index contributed by atoms with van der Waals surface area (Å²) in [5, 5.41) is 8.23.